The quantitative estimate of drug-likeness (QED) is 0.617. The van der Waals surface area contributed by atoms with Crippen molar-refractivity contribution in [3.05, 3.63) is 35.9 Å². The molecule has 0 spiro atoms. The predicted molar refractivity (Wildman–Crippen MR) is 85.9 cm³/mol. The highest BCUT2D eigenvalue weighted by Crippen LogP contribution is 2.25. The van der Waals surface area contributed by atoms with Crippen molar-refractivity contribution in [1.82, 2.24) is 5.32 Å². The van der Waals surface area contributed by atoms with Crippen molar-refractivity contribution >= 4 is 5.91 Å². The van der Waals surface area contributed by atoms with Crippen molar-refractivity contribution in [2.45, 2.75) is 44.2 Å². The molecule has 0 radical (unpaired) electrons. The van der Waals surface area contributed by atoms with E-state index in [1.165, 1.54) is 6.92 Å². The molecule has 25 heavy (non-hydrogen) atoms. The van der Waals surface area contributed by atoms with E-state index in [1.54, 1.807) is 0 Å². The van der Waals surface area contributed by atoms with Crippen molar-refractivity contribution in [2.75, 3.05) is 13.2 Å². The molecule has 2 rings (SSSR count). The van der Waals surface area contributed by atoms with Crippen molar-refractivity contribution in [3.8, 4) is 6.07 Å². The number of nitrogens with one attached hydrogen (secondary N) is 1. The Morgan fingerprint density at radius 1 is 1.36 bits per heavy atom. The lowest BCUT2D eigenvalue weighted by Crippen LogP contribution is -2.65. The van der Waals surface area contributed by atoms with Crippen molar-refractivity contribution < 1.29 is 29.2 Å². The molecule has 0 aromatic heterocycles. The lowest BCUT2D eigenvalue weighted by Gasteiger charge is -2.43. The highest BCUT2D eigenvalue weighted by Gasteiger charge is 2.46. The Hall–Kier alpha value is -2.02. The van der Waals surface area contributed by atoms with Crippen LogP contribution in [-0.4, -0.2) is 60.0 Å². The number of benzene rings is 1. The summed E-state index contributed by atoms with van der Waals surface area (Å²) in [5.74, 6) is -0.359. The normalized spacial score (nSPS) is 29.0. The minimum atomic E-state index is -1.22. The first-order valence-electron chi connectivity index (χ1n) is 7.92. The van der Waals surface area contributed by atoms with Crippen LogP contribution in [0.15, 0.2) is 30.3 Å². The Morgan fingerprint density at radius 2 is 2.08 bits per heavy atom. The predicted octanol–water partition coefficient (Wildman–Crippen LogP) is -0.305. The maximum atomic E-state index is 11.5. The van der Waals surface area contributed by atoms with Crippen LogP contribution in [0, 0.1) is 11.3 Å². The monoisotopic (exact) mass is 350 g/mol. The second-order valence-electron chi connectivity index (χ2n) is 5.67. The first-order chi connectivity index (χ1) is 12.1. The standard InChI is InChI=1S/C17H22N2O6/c1-11(21)19-14-16(23-8-7-18)15(22)13(9-20)25-17(14)24-10-12-5-3-2-4-6-12/h2-6,13-17,20,22H,8-10H2,1H3,(H,19,21)/t13-,14+,15-,16-,17-/m1/s1. The summed E-state index contributed by atoms with van der Waals surface area (Å²) in [7, 11) is 0. The number of nitriles is 1. The molecule has 0 bridgehead atoms. The Labute approximate surface area is 145 Å². The van der Waals surface area contributed by atoms with Crippen LogP contribution in [0.4, 0.5) is 0 Å². The Kier molecular flexibility index (Phi) is 7.31. The van der Waals surface area contributed by atoms with Gasteiger partial charge in [-0.25, -0.2) is 0 Å². The number of carbonyl (C=O) groups is 1. The summed E-state index contributed by atoms with van der Waals surface area (Å²) in [6.07, 6.45) is -4.06. The molecule has 8 heteroatoms. The fraction of sp³-hybridized carbons (Fsp3) is 0.529. The van der Waals surface area contributed by atoms with Gasteiger partial charge in [0.25, 0.3) is 0 Å². The van der Waals surface area contributed by atoms with Gasteiger partial charge in [0.1, 0.15) is 31.0 Å². The van der Waals surface area contributed by atoms with Crippen molar-refractivity contribution in [1.29, 1.82) is 5.26 Å². The van der Waals surface area contributed by atoms with Crippen LogP contribution in [0.2, 0.25) is 0 Å². The van der Waals surface area contributed by atoms with Gasteiger partial charge >= 0.3 is 0 Å². The summed E-state index contributed by atoms with van der Waals surface area (Å²) < 4.78 is 16.7. The zero-order chi connectivity index (χ0) is 18.2. The van der Waals surface area contributed by atoms with Crippen LogP contribution in [0.3, 0.4) is 0 Å². The summed E-state index contributed by atoms with van der Waals surface area (Å²) >= 11 is 0. The van der Waals surface area contributed by atoms with Crippen LogP contribution in [0.5, 0.6) is 0 Å². The molecular weight excluding hydrogens is 328 g/mol. The second-order valence-corrected chi connectivity index (χ2v) is 5.67. The first-order valence-corrected chi connectivity index (χ1v) is 7.92. The lowest BCUT2D eigenvalue weighted by molar-refractivity contribution is -0.278. The number of aliphatic hydroxyl groups excluding tert-OH is 2. The molecule has 1 aromatic rings. The van der Waals surface area contributed by atoms with E-state index in [4.69, 9.17) is 19.5 Å². The largest absolute Gasteiger partial charge is 0.394 e. The number of amides is 1. The van der Waals surface area contributed by atoms with Gasteiger partial charge in [0.05, 0.1) is 19.3 Å². The van der Waals surface area contributed by atoms with Crippen molar-refractivity contribution in [3.63, 3.8) is 0 Å². The molecule has 0 saturated carbocycles. The minimum Gasteiger partial charge on any atom is -0.394 e. The summed E-state index contributed by atoms with van der Waals surface area (Å²) in [5, 5.41) is 31.1. The zero-order valence-electron chi connectivity index (χ0n) is 13.9. The van der Waals surface area contributed by atoms with Gasteiger partial charge in [-0.05, 0) is 5.56 Å². The summed E-state index contributed by atoms with van der Waals surface area (Å²) in [4.78, 5) is 11.5. The molecular formula is C17H22N2O6. The van der Waals surface area contributed by atoms with E-state index in [9.17, 15) is 15.0 Å². The highest BCUT2D eigenvalue weighted by molar-refractivity contribution is 5.73. The summed E-state index contributed by atoms with van der Waals surface area (Å²) in [5.41, 5.74) is 0.897. The third-order valence-electron chi connectivity index (χ3n) is 3.82. The summed E-state index contributed by atoms with van der Waals surface area (Å²) in [6, 6.07) is 10.4. The average Bonchev–Trinajstić information content (AvgIpc) is 2.61. The average molecular weight is 350 g/mol. The van der Waals surface area contributed by atoms with Gasteiger partial charge < -0.3 is 29.7 Å². The molecule has 1 aromatic carbocycles. The van der Waals surface area contributed by atoms with Crippen LogP contribution in [-0.2, 0) is 25.6 Å². The Balaban J connectivity index is 2.16. The number of ether oxygens (including phenoxy) is 3. The molecule has 3 N–H and O–H groups in total. The molecule has 1 amide bonds. The van der Waals surface area contributed by atoms with Crippen LogP contribution in [0.1, 0.15) is 12.5 Å². The number of hydrogen-bond donors (Lipinski definition) is 3. The van der Waals surface area contributed by atoms with Crippen LogP contribution < -0.4 is 5.32 Å². The van der Waals surface area contributed by atoms with Gasteiger partial charge in [-0.2, -0.15) is 5.26 Å². The molecule has 136 valence electrons. The second kappa shape index (κ2) is 9.46. The van der Waals surface area contributed by atoms with Crippen LogP contribution >= 0.6 is 0 Å². The Bertz CT molecular complexity index is 591. The molecule has 8 nitrogen and oxygen atoms in total. The van der Waals surface area contributed by atoms with E-state index in [-0.39, 0.29) is 19.1 Å². The number of hydrogen-bond acceptors (Lipinski definition) is 7. The number of rotatable bonds is 7. The maximum absolute atomic E-state index is 11.5. The maximum Gasteiger partial charge on any atom is 0.217 e. The van der Waals surface area contributed by atoms with Gasteiger partial charge in [0.15, 0.2) is 6.29 Å². The molecule has 5 atom stereocenters. The summed E-state index contributed by atoms with van der Waals surface area (Å²) in [6.45, 7) is 0.799. The molecule has 0 aliphatic carbocycles. The van der Waals surface area contributed by atoms with E-state index in [1.807, 2.05) is 36.4 Å². The third kappa shape index (κ3) is 5.22. The molecule has 0 unspecified atom stereocenters. The van der Waals surface area contributed by atoms with Gasteiger partial charge in [-0.1, -0.05) is 30.3 Å². The Morgan fingerprint density at radius 3 is 2.68 bits per heavy atom. The van der Waals surface area contributed by atoms with E-state index in [2.05, 4.69) is 5.32 Å². The smallest absolute Gasteiger partial charge is 0.217 e. The third-order valence-corrected chi connectivity index (χ3v) is 3.82. The fourth-order valence-corrected chi connectivity index (χ4v) is 2.68. The number of carbonyl (C=O) groups excluding carboxylic acids is 1. The van der Waals surface area contributed by atoms with Crippen molar-refractivity contribution in [2.24, 2.45) is 0 Å². The van der Waals surface area contributed by atoms with Gasteiger partial charge in [0, 0.05) is 6.92 Å². The first kappa shape index (κ1) is 19.3. The van der Waals surface area contributed by atoms with Gasteiger partial charge in [0.2, 0.25) is 5.91 Å². The van der Waals surface area contributed by atoms with E-state index in [0.29, 0.717) is 0 Å². The number of aliphatic hydroxyl groups is 2. The zero-order valence-corrected chi connectivity index (χ0v) is 13.9. The van der Waals surface area contributed by atoms with Gasteiger partial charge in [-0.3, -0.25) is 4.79 Å². The fourth-order valence-electron chi connectivity index (χ4n) is 2.68. The minimum absolute atomic E-state index is 0.209. The van der Waals surface area contributed by atoms with E-state index in [0.717, 1.165) is 5.56 Å². The van der Waals surface area contributed by atoms with E-state index < -0.39 is 37.3 Å². The molecule has 1 aliphatic rings. The highest BCUT2D eigenvalue weighted by atomic mass is 16.7. The lowest BCUT2D eigenvalue weighted by atomic mass is 9.96. The molecule has 1 aliphatic heterocycles. The van der Waals surface area contributed by atoms with Gasteiger partial charge in [-0.15, -0.1) is 0 Å². The van der Waals surface area contributed by atoms with E-state index >= 15 is 0 Å². The molecule has 1 fully saturated rings. The van der Waals surface area contributed by atoms with Crippen LogP contribution in [0.25, 0.3) is 0 Å². The molecule has 1 heterocycles. The SMILES string of the molecule is CC(=O)N[C@@H]1[C@H](OCc2ccccc2)O[C@H](CO)[C@@H](O)[C@@H]1OCC#N. The number of nitrogens with zero attached hydrogens (tertiary/aromatic N) is 1. The molecule has 1 saturated heterocycles. The topological polar surface area (TPSA) is 121 Å².